The summed E-state index contributed by atoms with van der Waals surface area (Å²) in [7, 11) is 0. The second kappa shape index (κ2) is 8.52. The van der Waals surface area contributed by atoms with Crippen molar-refractivity contribution in [3.05, 3.63) is 60.3 Å². The molecule has 1 aromatic heterocycles. The molecule has 1 saturated heterocycles. The maximum atomic E-state index is 13.0. The van der Waals surface area contributed by atoms with Crippen molar-refractivity contribution in [1.82, 2.24) is 20.4 Å². The van der Waals surface area contributed by atoms with Gasteiger partial charge in [-0.1, -0.05) is 48.1 Å². The summed E-state index contributed by atoms with van der Waals surface area (Å²) in [4.78, 5) is 19.8. The minimum Gasteiger partial charge on any atom is -0.445 e. The number of nitrogens with zero attached hydrogens (tertiary/aromatic N) is 3. The highest BCUT2D eigenvalue weighted by Crippen LogP contribution is 2.56. The van der Waals surface area contributed by atoms with Crippen molar-refractivity contribution in [2.45, 2.75) is 68.2 Å². The minimum atomic E-state index is -0.273. The first-order valence-corrected chi connectivity index (χ1v) is 12.8. The molecule has 7 heteroatoms. The van der Waals surface area contributed by atoms with Gasteiger partial charge in [-0.3, -0.25) is 0 Å². The molecular formula is C27H34N4O3. The summed E-state index contributed by atoms with van der Waals surface area (Å²) < 4.78 is 11.3. The summed E-state index contributed by atoms with van der Waals surface area (Å²) in [5, 5.41) is 7.89. The van der Waals surface area contributed by atoms with Crippen LogP contribution >= 0.6 is 0 Å². The summed E-state index contributed by atoms with van der Waals surface area (Å²) in [6, 6.07) is 10.6. The lowest BCUT2D eigenvalue weighted by Gasteiger charge is -2.49. The number of aromatic nitrogens is 2. The van der Waals surface area contributed by atoms with E-state index in [0.717, 1.165) is 56.9 Å². The van der Waals surface area contributed by atoms with E-state index in [9.17, 15) is 4.79 Å². The summed E-state index contributed by atoms with van der Waals surface area (Å²) in [5.74, 6) is 2.30. The lowest BCUT2D eigenvalue weighted by molar-refractivity contribution is 0.0461. The van der Waals surface area contributed by atoms with E-state index in [1.165, 1.54) is 18.4 Å². The van der Waals surface area contributed by atoms with Crippen molar-refractivity contribution in [3.63, 3.8) is 0 Å². The highest BCUT2D eigenvalue weighted by molar-refractivity contribution is 5.69. The lowest BCUT2D eigenvalue weighted by atomic mass is 9.58. The summed E-state index contributed by atoms with van der Waals surface area (Å²) in [5.41, 5.74) is 1.54. The third kappa shape index (κ3) is 4.04. The normalized spacial score (nSPS) is 26.5. The molecule has 1 amide bonds. The number of benzene rings is 1. The monoisotopic (exact) mass is 462 g/mol. The number of amides is 1. The summed E-state index contributed by atoms with van der Waals surface area (Å²) in [6.07, 6.45) is 9.06. The van der Waals surface area contributed by atoms with Crippen molar-refractivity contribution in [1.29, 1.82) is 0 Å². The molecule has 2 aromatic rings. The molecule has 180 valence electrons. The second-order valence-corrected chi connectivity index (χ2v) is 10.9. The molecule has 0 bridgehead atoms. The number of carbonyl (C=O) groups excluding carboxylic acids is 1. The van der Waals surface area contributed by atoms with Gasteiger partial charge < -0.3 is 19.5 Å². The SMILES string of the molecule is C=CCOC(=O)N(CC1(c2noc(C3CC4(CCNCC4)C3)n2)CC1)[C@H]1CC1c1ccccc1. The van der Waals surface area contributed by atoms with Crippen LogP contribution in [0.5, 0.6) is 0 Å². The first-order valence-electron chi connectivity index (χ1n) is 12.8. The van der Waals surface area contributed by atoms with Crippen molar-refractivity contribution < 1.29 is 14.1 Å². The largest absolute Gasteiger partial charge is 0.445 e. The average molecular weight is 463 g/mol. The quantitative estimate of drug-likeness (QED) is 0.581. The van der Waals surface area contributed by atoms with Crippen LogP contribution < -0.4 is 5.32 Å². The standard InChI is InChI=1S/C27H34N4O3/c1-2-14-33-25(32)31(22-15-21(22)19-6-4-3-5-7-19)18-27(8-9-27)24-29-23(34-30-24)20-16-26(17-20)10-12-28-13-11-26/h2-7,20-22,28H,1,8-18H2/t21?,22-/m0/s1. The van der Waals surface area contributed by atoms with E-state index >= 15 is 0 Å². The topological polar surface area (TPSA) is 80.5 Å². The Hall–Kier alpha value is -2.67. The Morgan fingerprint density at radius 2 is 1.97 bits per heavy atom. The van der Waals surface area contributed by atoms with Gasteiger partial charge in [-0.2, -0.15) is 4.98 Å². The fraction of sp³-hybridized carbons (Fsp3) is 0.593. The van der Waals surface area contributed by atoms with Gasteiger partial charge >= 0.3 is 6.09 Å². The molecule has 1 unspecified atom stereocenters. The highest BCUT2D eigenvalue weighted by atomic mass is 16.6. The van der Waals surface area contributed by atoms with Gasteiger partial charge in [0.1, 0.15) is 6.61 Å². The summed E-state index contributed by atoms with van der Waals surface area (Å²) >= 11 is 0. The molecule has 1 N–H and O–H groups in total. The molecule has 0 radical (unpaired) electrons. The number of piperidine rings is 1. The Labute approximate surface area is 200 Å². The Balaban J connectivity index is 1.15. The molecule has 4 aliphatic rings. The molecule has 2 atom stereocenters. The van der Waals surface area contributed by atoms with E-state index in [-0.39, 0.29) is 24.2 Å². The van der Waals surface area contributed by atoms with Crippen LogP contribution in [0.2, 0.25) is 0 Å². The molecular weight excluding hydrogens is 428 g/mol. The van der Waals surface area contributed by atoms with Gasteiger partial charge in [-0.25, -0.2) is 4.79 Å². The minimum absolute atomic E-state index is 0.148. The zero-order chi connectivity index (χ0) is 23.2. The van der Waals surface area contributed by atoms with Crippen LogP contribution in [-0.2, 0) is 10.2 Å². The zero-order valence-electron chi connectivity index (χ0n) is 19.7. The van der Waals surface area contributed by atoms with E-state index in [0.29, 0.717) is 23.8 Å². The Bertz CT molecular complexity index is 1030. The maximum Gasteiger partial charge on any atom is 0.410 e. The van der Waals surface area contributed by atoms with Crippen LogP contribution in [0.4, 0.5) is 4.79 Å². The molecule has 4 fully saturated rings. The first kappa shape index (κ1) is 21.8. The third-order valence-corrected chi connectivity index (χ3v) is 8.56. The molecule has 1 aromatic carbocycles. The van der Waals surface area contributed by atoms with Crippen LogP contribution in [0.1, 0.15) is 74.1 Å². The molecule has 3 saturated carbocycles. The van der Waals surface area contributed by atoms with Gasteiger partial charge in [0.2, 0.25) is 5.89 Å². The van der Waals surface area contributed by atoms with E-state index in [1.807, 2.05) is 11.0 Å². The Kier molecular flexibility index (Phi) is 5.47. The fourth-order valence-corrected chi connectivity index (χ4v) is 6.19. The van der Waals surface area contributed by atoms with E-state index in [4.69, 9.17) is 14.2 Å². The number of nitrogens with one attached hydrogen (secondary N) is 1. The molecule has 7 nitrogen and oxygen atoms in total. The van der Waals surface area contributed by atoms with Crippen molar-refractivity contribution in [2.75, 3.05) is 26.2 Å². The maximum absolute atomic E-state index is 13.0. The van der Waals surface area contributed by atoms with Crippen molar-refractivity contribution >= 4 is 6.09 Å². The molecule has 34 heavy (non-hydrogen) atoms. The summed E-state index contributed by atoms with van der Waals surface area (Å²) in [6.45, 7) is 6.72. The van der Waals surface area contributed by atoms with Gasteiger partial charge in [0.05, 0.1) is 5.41 Å². The zero-order valence-corrected chi connectivity index (χ0v) is 19.7. The number of carbonyl (C=O) groups is 1. The van der Waals surface area contributed by atoms with E-state index in [1.54, 1.807) is 6.08 Å². The van der Waals surface area contributed by atoms with Crippen LogP contribution in [0.25, 0.3) is 0 Å². The average Bonchev–Trinajstić information content (AvgIpc) is 3.77. The van der Waals surface area contributed by atoms with Gasteiger partial charge in [0, 0.05) is 24.4 Å². The number of rotatable bonds is 8. The Morgan fingerprint density at radius 3 is 2.68 bits per heavy atom. The first-order chi connectivity index (χ1) is 16.6. The number of hydrogen-bond donors (Lipinski definition) is 1. The smallest absolute Gasteiger partial charge is 0.410 e. The lowest BCUT2D eigenvalue weighted by Crippen LogP contribution is -2.44. The van der Waals surface area contributed by atoms with Crippen LogP contribution in [0.15, 0.2) is 47.5 Å². The van der Waals surface area contributed by atoms with Crippen molar-refractivity contribution in [3.8, 4) is 0 Å². The predicted octanol–water partition coefficient (Wildman–Crippen LogP) is 4.53. The van der Waals surface area contributed by atoms with Gasteiger partial charge in [-0.15, -0.1) is 0 Å². The highest BCUT2D eigenvalue weighted by Gasteiger charge is 2.55. The number of hydrogen-bond acceptors (Lipinski definition) is 6. The molecule has 2 heterocycles. The molecule has 1 spiro atoms. The van der Waals surface area contributed by atoms with Crippen LogP contribution in [0.3, 0.4) is 0 Å². The van der Waals surface area contributed by atoms with Crippen LogP contribution in [-0.4, -0.2) is 53.4 Å². The Morgan fingerprint density at radius 1 is 1.21 bits per heavy atom. The number of ether oxygens (including phenoxy) is 1. The molecule has 3 aliphatic carbocycles. The molecule has 1 aliphatic heterocycles. The van der Waals surface area contributed by atoms with E-state index < -0.39 is 0 Å². The predicted molar refractivity (Wildman–Crippen MR) is 128 cm³/mol. The van der Waals surface area contributed by atoms with Gasteiger partial charge in [0.25, 0.3) is 0 Å². The van der Waals surface area contributed by atoms with Gasteiger partial charge in [0.15, 0.2) is 5.82 Å². The van der Waals surface area contributed by atoms with E-state index in [2.05, 4.69) is 41.3 Å². The van der Waals surface area contributed by atoms with Gasteiger partial charge in [-0.05, 0) is 69.0 Å². The second-order valence-electron chi connectivity index (χ2n) is 10.9. The third-order valence-electron chi connectivity index (χ3n) is 8.56. The fourth-order valence-electron chi connectivity index (χ4n) is 6.19. The van der Waals surface area contributed by atoms with Crippen molar-refractivity contribution in [2.24, 2.45) is 5.41 Å². The molecule has 6 rings (SSSR count). The van der Waals surface area contributed by atoms with Crippen LogP contribution in [0, 0.1) is 5.41 Å².